The molecule has 0 saturated carbocycles. The summed E-state index contributed by atoms with van der Waals surface area (Å²) in [6.07, 6.45) is -0.947. The number of carbonyl (C=O) groups is 2. The van der Waals surface area contributed by atoms with Crippen LogP contribution >= 0.6 is 0 Å². The molecule has 3 rings (SSSR count). The minimum Gasteiger partial charge on any atom is -0.481 e. The van der Waals surface area contributed by atoms with Crippen LogP contribution in [0.25, 0.3) is 10.8 Å². The van der Waals surface area contributed by atoms with Gasteiger partial charge in [-0.15, -0.1) is 0 Å². The van der Waals surface area contributed by atoms with Crippen LogP contribution in [0.4, 0.5) is 8.78 Å². The third kappa shape index (κ3) is 4.20. The van der Waals surface area contributed by atoms with E-state index in [-0.39, 0.29) is 0 Å². The molecule has 0 aliphatic carbocycles. The summed E-state index contributed by atoms with van der Waals surface area (Å²) in [5, 5.41) is 1.98. The summed E-state index contributed by atoms with van der Waals surface area (Å²) in [5.41, 5.74) is 3.30. The molecule has 0 spiro atoms. The van der Waals surface area contributed by atoms with Crippen LogP contribution in [0.2, 0.25) is 0 Å². The Bertz CT molecular complexity index is 987. The van der Waals surface area contributed by atoms with Gasteiger partial charge in [0.25, 0.3) is 11.8 Å². The molecule has 1 unspecified atom stereocenters. The van der Waals surface area contributed by atoms with E-state index in [1.54, 1.807) is 12.1 Å². The maximum Gasteiger partial charge on any atom is 0.279 e. The largest absolute Gasteiger partial charge is 0.481 e. The van der Waals surface area contributed by atoms with E-state index < -0.39 is 35.1 Å². The normalized spacial score (nSPS) is 11.7. The summed E-state index contributed by atoms with van der Waals surface area (Å²) >= 11 is 0. The molecule has 138 valence electrons. The van der Waals surface area contributed by atoms with Gasteiger partial charge in [-0.25, -0.2) is 8.78 Å². The molecule has 3 aromatic rings. The maximum absolute atomic E-state index is 13.6. The molecule has 3 aromatic carbocycles. The monoisotopic (exact) mass is 370 g/mol. The molecular weight excluding hydrogens is 354 g/mol. The zero-order chi connectivity index (χ0) is 19.4. The van der Waals surface area contributed by atoms with Crippen LogP contribution < -0.4 is 15.6 Å². The molecule has 7 heteroatoms. The quantitative estimate of drug-likeness (QED) is 0.692. The number of benzene rings is 3. The van der Waals surface area contributed by atoms with Crippen LogP contribution in [0.3, 0.4) is 0 Å². The SMILES string of the molecule is CC(Oc1ccc2ccccc2c1)C(=O)NNC(=O)c1c(F)cccc1F. The molecule has 0 aliphatic heterocycles. The topological polar surface area (TPSA) is 67.4 Å². The average Bonchev–Trinajstić information content (AvgIpc) is 2.65. The highest BCUT2D eigenvalue weighted by molar-refractivity contribution is 5.96. The Balaban J connectivity index is 1.61. The van der Waals surface area contributed by atoms with Gasteiger partial charge in [-0.2, -0.15) is 0 Å². The van der Waals surface area contributed by atoms with Crippen molar-refractivity contribution in [2.24, 2.45) is 0 Å². The van der Waals surface area contributed by atoms with Crippen molar-refractivity contribution in [2.45, 2.75) is 13.0 Å². The fraction of sp³-hybridized carbons (Fsp3) is 0.100. The van der Waals surface area contributed by atoms with Gasteiger partial charge in [0.05, 0.1) is 0 Å². The molecule has 0 fully saturated rings. The Morgan fingerprint density at radius 3 is 2.26 bits per heavy atom. The highest BCUT2D eigenvalue weighted by Crippen LogP contribution is 2.21. The number of nitrogens with one attached hydrogen (secondary N) is 2. The van der Waals surface area contributed by atoms with Crippen LogP contribution in [0.1, 0.15) is 17.3 Å². The highest BCUT2D eigenvalue weighted by Gasteiger charge is 2.20. The minimum atomic E-state index is -1.10. The first-order valence-electron chi connectivity index (χ1n) is 8.15. The summed E-state index contributed by atoms with van der Waals surface area (Å²) in [6.45, 7) is 1.49. The first-order chi connectivity index (χ1) is 13.0. The number of hydrogen-bond donors (Lipinski definition) is 2. The number of rotatable bonds is 4. The number of hydrazine groups is 1. The molecule has 0 bridgehead atoms. The highest BCUT2D eigenvalue weighted by atomic mass is 19.1. The molecule has 0 heterocycles. The molecule has 0 aromatic heterocycles. The molecule has 1 atom stereocenters. The summed E-state index contributed by atoms with van der Waals surface area (Å²) in [7, 11) is 0. The van der Waals surface area contributed by atoms with Gasteiger partial charge in [0, 0.05) is 0 Å². The first kappa shape index (κ1) is 18.3. The lowest BCUT2D eigenvalue weighted by Gasteiger charge is -2.15. The molecule has 0 saturated heterocycles. The molecule has 0 aliphatic rings. The Labute approximate surface area is 153 Å². The van der Waals surface area contributed by atoms with Crippen LogP contribution in [-0.4, -0.2) is 17.9 Å². The second kappa shape index (κ2) is 7.82. The predicted octanol–water partition coefficient (Wildman–Crippen LogP) is 3.35. The average molecular weight is 370 g/mol. The summed E-state index contributed by atoms with van der Waals surface area (Å²) in [5.74, 6) is -3.35. The summed E-state index contributed by atoms with van der Waals surface area (Å²) in [4.78, 5) is 23.9. The minimum absolute atomic E-state index is 0.475. The number of amides is 2. The van der Waals surface area contributed by atoms with Gasteiger partial charge in [-0.3, -0.25) is 20.4 Å². The standard InChI is InChI=1S/C20H16F2N2O3/c1-12(27-15-10-9-13-5-2-3-6-14(13)11-15)19(25)23-24-20(26)18-16(21)7-4-8-17(18)22/h2-12H,1H3,(H,23,25)(H,24,26). The van der Waals surface area contributed by atoms with E-state index >= 15 is 0 Å². The van der Waals surface area contributed by atoms with Crippen molar-refractivity contribution in [1.29, 1.82) is 0 Å². The summed E-state index contributed by atoms with van der Waals surface area (Å²) in [6, 6.07) is 16.1. The van der Waals surface area contributed by atoms with Crippen molar-refractivity contribution in [3.05, 3.63) is 77.9 Å². The fourth-order valence-electron chi connectivity index (χ4n) is 2.50. The third-order valence-corrected chi connectivity index (χ3v) is 3.89. The van der Waals surface area contributed by atoms with E-state index in [0.717, 1.165) is 29.0 Å². The smallest absolute Gasteiger partial charge is 0.279 e. The Morgan fingerprint density at radius 1 is 0.889 bits per heavy atom. The molecule has 2 N–H and O–H groups in total. The molecular formula is C20H16F2N2O3. The zero-order valence-corrected chi connectivity index (χ0v) is 14.3. The van der Waals surface area contributed by atoms with Crippen LogP contribution in [0.5, 0.6) is 5.75 Å². The van der Waals surface area contributed by atoms with E-state index in [9.17, 15) is 18.4 Å². The number of halogens is 2. The number of hydrogen-bond acceptors (Lipinski definition) is 3. The molecule has 27 heavy (non-hydrogen) atoms. The van der Waals surface area contributed by atoms with E-state index in [1.165, 1.54) is 6.92 Å². The molecule has 5 nitrogen and oxygen atoms in total. The Hall–Kier alpha value is -3.48. The van der Waals surface area contributed by atoms with Gasteiger partial charge >= 0.3 is 0 Å². The van der Waals surface area contributed by atoms with Gasteiger partial charge in [0.2, 0.25) is 0 Å². The van der Waals surface area contributed by atoms with Gasteiger partial charge < -0.3 is 4.74 Å². The van der Waals surface area contributed by atoms with E-state index in [0.29, 0.717) is 5.75 Å². The summed E-state index contributed by atoms with van der Waals surface area (Å²) < 4.78 is 32.7. The maximum atomic E-state index is 13.6. The Kier molecular flexibility index (Phi) is 5.30. The first-order valence-corrected chi connectivity index (χ1v) is 8.15. The zero-order valence-electron chi connectivity index (χ0n) is 14.3. The number of fused-ring (bicyclic) bond motifs is 1. The van der Waals surface area contributed by atoms with Gasteiger partial charge in [-0.05, 0) is 42.0 Å². The van der Waals surface area contributed by atoms with Crippen molar-refractivity contribution >= 4 is 22.6 Å². The lowest BCUT2D eigenvalue weighted by atomic mass is 10.1. The second-order valence-electron chi connectivity index (χ2n) is 5.81. The number of ether oxygens (including phenoxy) is 1. The van der Waals surface area contributed by atoms with Crippen molar-refractivity contribution in [2.75, 3.05) is 0 Å². The van der Waals surface area contributed by atoms with Crippen LogP contribution in [-0.2, 0) is 4.79 Å². The van der Waals surface area contributed by atoms with E-state index in [1.807, 2.05) is 35.8 Å². The second-order valence-corrected chi connectivity index (χ2v) is 5.81. The third-order valence-electron chi connectivity index (χ3n) is 3.89. The molecule has 2 amide bonds. The van der Waals surface area contributed by atoms with Gasteiger partial charge in [-0.1, -0.05) is 36.4 Å². The molecule has 0 radical (unpaired) electrons. The number of carbonyl (C=O) groups excluding carboxylic acids is 2. The van der Waals surface area contributed by atoms with Crippen LogP contribution in [0.15, 0.2) is 60.7 Å². The Morgan fingerprint density at radius 2 is 1.56 bits per heavy atom. The predicted molar refractivity (Wildman–Crippen MR) is 96.0 cm³/mol. The lowest BCUT2D eigenvalue weighted by molar-refractivity contribution is -0.128. The van der Waals surface area contributed by atoms with Crippen molar-refractivity contribution in [1.82, 2.24) is 10.9 Å². The van der Waals surface area contributed by atoms with Crippen molar-refractivity contribution < 1.29 is 23.1 Å². The van der Waals surface area contributed by atoms with Gasteiger partial charge in [0.15, 0.2) is 6.10 Å². The van der Waals surface area contributed by atoms with Gasteiger partial charge in [0.1, 0.15) is 22.9 Å². The van der Waals surface area contributed by atoms with Crippen molar-refractivity contribution in [3.63, 3.8) is 0 Å². The van der Waals surface area contributed by atoms with Crippen molar-refractivity contribution in [3.8, 4) is 5.75 Å². The lowest BCUT2D eigenvalue weighted by Crippen LogP contribution is -2.47. The fourth-order valence-corrected chi connectivity index (χ4v) is 2.50. The van der Waals surface area contributed by atoms with Crippen LogP contribution in [0, 0.1) is 11.6 Å². The van der Waals surface area contributed by atoms with E-state index in [2.05, 4.69) is 5.43 Å². The van der Waals surface area contributed by atoms with E-state index in [4.69, 9.17) is 4.74 Å².